The normalized spacial score (nSPS) is 11.6. The second-order valence-corrected chi connectivity index (χ2v) is 4.76. The van der Waals surface area contributed by atoms with Crippen molar-refractivity contribution in [2.24, 2.45) is 0 Å². The maximum absolute atomic E-state index is 13.3. The summed E-state index contributed by atoms with van der Waals surface area (Å²) in [4.78, 5) is 3.97. The van der Waals surface area contributed by atoms with Crippen molar-refractivity contribution in [1.82, 2.24) is 4.98 Å². The molecule has 3 rings (SSSR count). The van der Waals surface area contributed by atoms with Gasteiger partial charge in [0.25, 0.3) is 0 Å². The number of rotatable bonds is 2. The van der Waals surface area contributed by atoms with Crippen molar-refractivity contribution in [1.29, 1.82) is 0 Å². The van der Waals surface area contributed by atoms with Crippen LogP contribution in [0.5, 0.6) is 5.75 Å². The molecule has 0 unspecified atom stereocenters. The summed E-state index contributed by atoms with van der Waals surface area (Å²) in [5.74, 6) is 0.364. The van der Waals surface area contributed by atoms with Gasteiger partial charge in [0.2, 0.25) is 0 Å². The molecule has 0 aliphatic carbocycles. The van der Waals surface area contributed by atoms with Gasteiger partial charge >= 0.3 is 6.18 Å². The number of methoxy groups -OCH3 is 1. The molecule has 0 fully saturated rings. The van der Waals surface area contributed by atoms with Crippen LogP contribution in [0.15, 0.2) is 54.7 Å². The van der Waals surface area contributed by atoms with Crippen molar-refractivity contribution < 1.29 is 17.9 Å². The fourth-order valence-corrected chi connectivity index (χ4v) is 2.50. The molecule has 1 aromatic heterocycles. The van der Waals surface area contributed by atoms with Gasteiger partial charge in [0.1, 0.15) is 5.75 Å². The third-order valence-electron chi connectivity index (χ3n) is 3.46. The van der Waals surface area contributed by atoms with E-state index >= 15 is 0 Å². The third-order valence-corrected chi connectivity index (χ3v) is 3.46. The van der Waals surface area contributed by atoms with Crippen molar-refractivity contribution >= 4 is 10.8 Å². The number of halogens is 3. The monoisotopic (exact) mass is 303 g/mol. The Morgan fingerprint density at radius 2 is 1.73 bits per heavy atom. The highest BCUT2D eigenvalue weighted by atomic mass is 19.4. The lowest BCUT2D eigenvalue weighted by molar-refractivity contribution is -0.137. The number of hydrogen-bond donors (Lipinski definition) is 0. The molecule has 0 radical (unpaired) electrons. The van der Waals surface area contributed by atoms with Gasteiger partial charge < -0.3 is 4.74 Å². The molecule has 0 saturated carbocycles. The van der Waals surface area contributed by atoms with E-state index in [1.165, 1.54) is 19.4 Å². The fraction of sp³-hybridized carbons (Fsp3) is 0.118. The maximum atomic E-state index is 13.3. The molecular formula is C17H12F3NO. The van der Waals surface area contributed by atoms with Gasteiger partial charge in [0.05, 0.1) is 23.9 Å². The summed E-state index contributed by atoms with van der Waals surface area (Å²) >= 11 is 0. The molecule has 5 heteroatoms. The highest BCUT2D eigenvalue weighted by Gasteiger charge is 2.35. The largest absolute Gasteiger partial charge is 0.496 e. The number of benzene rings is 2. The molecule has 0 N–H and O–H groups in total. The van der Waals surface area contributed by atoms with Crippen LogP contribution in [0.4, 0.5) is 13.2 Å². The second kappa shape index (κ2) is 5.33. The third kappa shape index (κ3) is 2.39. The van der Waals surface area contributed by atoms with E-state index in [2.05, 4.69) is 4.98 Å². The molecule has 3 aromatic rings. The Kier molecular flexibility index (Phi) is 3.48. The minimum atomic E-state index is -4.48. The van der Waals surface area contributed by atoms with E-state index in [4.69, 9.17) is 4.74 Å². The number of pyridine rings is 1. The summed E-state index contributed by atoms with van der Waals surface area (Å²) in [5, 5.41) is 1.50. The zero-order chi connectivity index (χ0) is 15.7. The predicted molar refractivity (Wildman–Crippen MR) is 78.7 cm³/mol. The predicted octanol–water partition coefficient (Wildman–Crippen LogP) is 4.93. The van der Waals surface area contributed by atoms with Gasteiger partial charge in [0, 0.05) is 6.20 Å². The molecule has 0 aliphatic heterocycles. The molecule has 2 aromatic carbocycles. The molecule has 0 atom stereocenters. The van der Waals surface area contributed by atoms with Crippen molar-refractivity contribution in [2.75, 3.05) is 7.11 Å². The second-order valence-electron chi connectivity index (χ2n) is 4.76. The molecule has 112 valence electrons. The number of ether oxygens (including phenoxy) is 1. The smallest absolute Gasteiger partial charge is 0.418 e. The topological polar surface area (TPSA) is 22.1 Å². The first-order chi connectivity index (χ1) is 10.5. The molecule has 2 nitrogen and oxygen atoms in total. The fourth-order valence-electron chi connectivity index (χ4n) is 2.50. The molecule has 0 saturated heterocycles. The number of aromatic nitrogens is 1. The Hall–Kier alpha value is -2.56. The van der Waals surface area contributed by atoms with E-state index in [0.717, 1.165) is 11.5 Å². The van der Waals surface area contributed by atoms with Crippen LogP contribution in [-0.2, 0) is 6.18 Å². The molecule has 0 amide bonds. The van der Waals surface area contributed by atoms with Crippen molar-refractivity contribution in [2.45, 2.75) is 6.18 Å². The summed E-state index contributed by atoms with van der Waals surface area (Å²) in [6, 6.07) is 13.0. The van der Waals surface area contributed by atoms with Gasteiger partial charge in [-0.3, -0.25) is 4.98 Å². The average Bonchev–Trinajstić information content (AvgIpc) is 2.53. The molecule has 22 heavy (non-hydrogen) atoms. The van der Waals surface area contributed by atoms with Gasteiger partial charge in [-0.1, -0.05) is 30.3 Å². The van der Waals surface area contributed by atoms with E-state index in [1.807, 2.05) is 18.2 Å². The summed E-state index contributed by atoms with van der Waals surface area (Å²) < 4.78 is 45.1. The van der Waals surface area contributed by atoms with Crippen molar-refractivity contribution in [3.8, 4) is 17.0 Å². The zero-order valence-electron chi connectivity index (χ0n) is 11.7. The first kappa shape index (κ1) is 14.4. The van der Waals surface area contributed by atoms with Crippen LogP contribution in [0.2, 0.25) is 0 Å². The number of fused-ring (bicyclic) bond motifs is 1. The Morgan fingerprint density at radius 1 is 0.955 bits per heavy atom. The molecule has 1 heterocycles. The standard InChI is InChI=1S/C17H12F3NO/c1-22-14-9-8-11-5-2-3-6-12(11)15(14)16-13(17(18,19)20)7-4-10-21-16/h2-10H,1H3. The Morgan fingerprint density at radius 3 is 2.45 bits per heavy atom. The van der Waals surface area contributed by atoms with Crippen molar-refractivity contribution in [3.05, 3.63) is 60.3 Å². The van der Waals surface area contributed by atoms with Gasteiger partial charge in [-0.05, 0) is 29.0 Å². The Bertz CT molecular complexity index is 827. The Balaban J connectivity index is 2.40. The summed E-state index contributed by atoms with van der Waals surface area (Å²) in [7, 11) is 1.43. The lowest BCUT2D eigenvalue weighted by Crippen LogP contribution is -2.08. The van der Waals surface area contributed by atoms with Crippen LogP contribution in [0, 0.1) is 0 Å². The van der Waals surface area contributed by atoms with Gasteiger partial charge in [0.15, 0.2) is 0 Å². The maximum Gasteiger partial charge on any atom is 0.418 e. The van der Waals surface area contributed by atoms with E-state index in [0.29, 0.717) is 16.7 Å². The van der Waals surface area contributed by atoms with Gasteiger partial charge in [-0.25, -0.2) is 0 Å². The SMILES string of the molecule is COc1ccc2ccccc2c1-c1ncccc1C(F)(F)F. The van der Waals surface area contributed by atoms with E-state index in [-0.39, 0.29) is 5.69 Å². The number of nitrogens with zero attached hydrogens (tertiary/aromatic N) is 1. The van der Waals surface area contributed by atoms with Crippen LogP contribution in [0.3, 0.4) is 0 Å². The number of alkyl halides is 3. The summed E-state index contributed by atoms with van der Waals surface area (Å²) in [6.07, 6.45) is -3.13. The first-order valence-electron chi connectivity index (χ1n) is 6.60. The van der Waals surface area contributed by atoms with Crippen LogP contribution in [-0.4, -0.2) is 12.1 Å². The average molecular weight is 303 g/mol. The molecule has 0 aliphatic rings. The lowest BCUT2D eigenvalue weighted by Gasteiger charge is -2.16. The highest BCUT2D eigenvalue weighted by Crippen LogP contribution is 2.42. The highest BCUT2D eigenvalue weighted by molar-refractivity contribution is 5.99. The van der Waals surface area contributed by atoms with Crippen LogP contribution < -0.4 is 4.74 Å². The van der Waals surface area contributed by atoms with E-state index in [1.54, 1.807) is 18.2 Å². The summed E-state index contributed by atoms with van der Waals surface area (Å²) in [5.41, 5.74) is -0.540. The minimum Gasteiger partial charge on any atom is -0.496 e. The van der Waals surface area contributed by atoms with E-state index < -0.39 is 11.7 Å². The summed E-state index contributed by atoms with van der Waals surface area (Å²) in [6.45, 7) is 0. The van der Waals surface area contributed by atoms with Crippen LogP contribution in [0.25, 0.3) is 22.0 Å². The lowest BCUT2D eigenvalue weighted by atomic mass is 9.97. The number of hydrogen-bond acceptors (Lipinski definition) is 2. The minimum absolute atomic E-state index is 0.122. The van der Waals surface area contributed by atoms with E-state index in [9.17, 15) is 13.2 Å². The Labute approximate surface area is 125 Å². The van der Waals surface area contributed by atoms with Crippen LogP contribution >= 0.6 is 0 Å². The van der Waals surface area contributed by atoms with Gasteiger partial charge in [-0.15, -0.1) is 0 Å². The van der Waals surface area contributed by atoms with Crippen molar-refractivity contribution in [3.63, 3.8) is 0 Å². The van der Waals surface area contributed by atoms with Gasteiger partial charge in [-0.2, -0.15) is 13.2 Å². The molecule has 0 bridgehead atoms. The first-order valence-corrected chi connectivity index (χ1v) is 6.60. The molecular weight excluding hydrogens is 291 g/mol. The quantitative estimate of drug-likeness (QED) is 0.669. The van der Waals surface area contributed by atoms with Crippen LogP contribution in [0.1, 0.15) is 5.56 Å². The molecule has 0 spiro atoms. The zero-order valence-corrected chi connectivity index (χ0v) is 11.7.